The van der Waals surface area contributed by atoms with Gasteiger partial charge in [-0.3, -0.25) is 0 Å². The number of ether oxygens (including phenoxy) is 1. The Hall–Kier alpha value is 0.177. The van der Waals surface area contributed by atoms with Gasteiger partial charge in [0.1, 0.15) is 0 Å². The lowest BCUT2D eigenvalue weighted by atomic mass is 9.85. The van der Waals surface area contributed by atoms with Crippen LogP contribution in [0.2, 0.25) is 6.04 Å². The fourth-order valence-electron chi connectivity index (χ4n) is 3.24. The lowest BCUT2D eigenvalue weighted by molar-refractivity contribution is -0.0999. The van der Waals surface area contributed by atoms with Crippen molar-refractivity contribution in [2.75, 3.05) is 0 Å². The summed E-state index contributed by atoms with van der Waals surface area (Å²) in [4.78, 5) is 0. The summed E-state index contributed by atoms with van der Waals surface area (Å²) in [6.07, 6.45) is 6.19. The van der Waals surface area contributed by atoms with Crippen molar-refractivity contribution in [3.63, 3.8) is 0 Å². The first-order valence-electron chi connectivity index (χ1n) is 5.82. The van der Waals surface area contributed by atoms with Crippen LogP contribution in [0.1, 0.15) is 39.5 Å². The molecule has 2 bridgehead atoms. The molecule has 0 N–H and O–H groups in total. The summed E-state index contributed by atoms with van der Waals surface area (Å²) < 4.78 is 6.22. The van der Waals surface area contributed by atoms with Crippen molar-refractivity contribution in [3.8, 4) is 0 Å². The van der Waals surface area contributed by atoms with Gasteiger partial charge in [0.2, 0.25) is 0 Å². The zero-order valence-electron chi connectivity index (χ0n) is 9.18. The van der Waals surface area contributed by atoms with E-state index in [-0.39, 0.29) is 5.60 Å². The van der Waals surface area contributed by atoms with Crippen molar-refractivity contribution in [2.24, 2.45) is 11.8 Å². The van der Waals surface area contributed by atoms with Crippen molar-refractivity contribution >= 4 is 10.2 Å². The van der Waals surface area contributed by atoms with Gasteiger partial charge in [-0.2, -0.15) is 0 Å². The van der Waals surface area contributed by atoms with Crippen molar-refractivity contribution < 1.29 is 4.74 Å². The van der Waals surface area contributed by atoms with Crippen LogP contribution in [0, 0.1) is 11.8 Å². The van der Waals surface area contributed by atoms with Gasteiger partial charge < -0.3 is 4.74 Å². The highest BCUT2D eigenvalue weighted by Gasteiger charge is 2.49. The van der Waals surface area contributed by atoms with Crippen molar-refractivity contribution in [1.82, 2.24) is 0 Å². The van der Waals surface area contributed by atoms with Crippen LogP contribution in [0.15, 0.2) is 0 Å². The molecule has 4 atom stereocenters. The standard InChI is InChI=1S/C11H22OSi/c1-8(7-13)12-11(2)6-9-3-4-10(11)5-9/h8-10H,3-7H2,1-2,13H3. The summed E-state index contributed by atoms with van der Waals surface area (Å²) in [7, 11) is 1.27. The van der Waals surface area contributed by atoms with Crippen molar-refractivity contribution in [1.29, 1.82) is 0 Å². The Bertz CT molecular complexity index is 195. The predicted octanol–water partition coefficient (Wildman–Crippen LogP) is 1.75. The molecular formula is C11H22OSi. The van der Waals surface area contributed by atoms with Gasteiger partial charge >= 0.3 is 0 Å². The van der Waals surface area contributed by atoms with E-state index >= 15 is 0 Å². The zero-order valence-corrected chi connectivity index (χ0v) is 11.2. The molecule has 0 amide bonds. The number of fused-ring (bicyclic) bond motifs is 2. The number of rotatable bonds is 3. The minimum atomic E-state index is 0.257. The fraction of sp³-hybridized carbons (Fsp3) is 1.00. The van der Waals surface area contributed by atoms with Crippen LogP contribution in [0.4, 0.5) is 0 Å². The molecule has 0 aliphatic heterocycles. The Morgan fingerprint density at radius 1 is 1.54 bits per heavy atom. The van der Waals surface area contributed by atoms with Crippen LogP contribution in [0.25, 0.3) is 0 Å². The van der Waals surface area contributed by atoms with Crippen molar-refractivity contribution in [2.45, 2.75) is 57.3 Å². The molecule has 13 heavy (non-hydrogen) atoms. The predicted molar refractivity (Wildman–Crippen MR) is 59.1 cm³/mol. The maximum atomic E-state index is 6.22. The van der Waals surface area contributed by atoms with Gasteiger partial charge in [-0.25, -0.2) is 0 Å². The summed E-state index contributed by atoms with van der Waals surface area (Å²) in [5, 5.41) is 0. The second kappa shape index (κ2) is 3.39. The summed E-state index contributed by atoms with van der Waals surface area (Å²) in [6, 6.07) is 1.28. The first-order valence-corrected chi connectivity index (χ1v) is 7.23. The van der Waals surface area contributed by atoms with Gasteiger partial charge in [0.15, 0.2) is 0 Å². The largest absolute Gasteiger partial charge is 0.372 e. The third-order valence-electron chi connectivity index (χ3n) is 4.14. The quantitative estimate of drug-likeness (QED) is 0.628. The van der Waals surface area contributed by atoms with Gasteiger partial charge in [0.05, 0.1) is 11.7 Å². The maximum absolute atomic E-state index is 6.22. The molecule has 0 radical (unpaired) electrons. The second-order valence-electron chi connectivity index (χ2n) is 5.23. The van der Waals surface area contributed by atoms with E-state index in [0.717, 1.165) is 11.8 Å². The molecule has 2 aliphatic carbocycles. The Kier molecular flexibility index (Phi) is 2.54. The van der Waals surface area contributed by atoms with E-state index < -0.39 is 0 Å². The molecule has 0 spiro atoms. The van der Waals surface area contributed by atoms with Crippen LogP contribution >= 0.6 is 0 Å². The smallest absolute Gasteiger partial charge is 0.0688 e. The fourth-order valence-corrected chi connectivity index (χ4v) is 3.41. The SMILES string of the molecule is CC(C[SiH3])OC1(C)CC2CCC1C2. The van der Waals surface area contributed by atoms with E-state index in [9.17, 15) is 0 Å². The highest BCUT2D eigenvalue weighted by molar-refractivity contribution is 6.08. The molecule has 0 heterocycles. The van der Waals surface area contributed by atoms with Crippen molar-refractivity contribution in [3.05, 3.63) is 0 Å². The molecule has 76 valence electrons. The van der Waals surface area contributed by atoms with Crippen LogP contribution in [-0.2, 0) is 4.74 Å². The third kappa shape index (κ3) is 1.71. The first kappa shape index (κ1) is 9.72. The van der Waals surface area contributed by atoms with E-state index in [0.29, 0.717) is 6.10 Å². The van der Waals surface area contributed by atoms with Gasteiger partial charge in [-0.1, -0.05) is 0 Å². The Morgan fingerprint density at radius 2 is 2.31 bits per heavy atom. The van der Waals surface area contributed by atoms with Gasteiger partial charge in [-0.05, 0) is 57.4 Å². The topological polar surface area (TPSA) is 9.23 Å². The molecule has 2 heteroatoms. The molecule has 2 saturated carbocycles. The molecule has 2 rings (SSSR count). The molecular weight excluding hydrogens is 176 g/mol. The molecule has 2 aliphatic rings. The van der Waals surface area contributed by atoms with Crippen LogP contribution < -0.4 is 0 Å². The van der Waals surface area contributed by atoms with E-state index in [1.165, 1.54) is 42.0 Å². The molecule has 2 fully saturated rings. The molecule has 0 aromatic carbocycles. The normalized spacial score (nSPS) is 45.7. The summed E-state index contributed by atoms with van der Waals surface area (Å²) >= 11 is 0. The monoisotopic (exact) mass is 198 g/mol. The second-order valence-corrected chi connectivity index (χ2v) is 6.05. The minimum Gasteiger partial charge on any atom is -0.372 e. The van der Waals surface area contributed by atoms with Gasteiger partial charge in [0.25, 0.3) is 0 Å². The highest BCUT2D eigenvalue weighted by Crippen LogP contribution is 2.52. The van der Waals surface area contributed by atoms with Crippen LogP contribution in [0.5, 0.6) is 0 Å². The van der Waals surface area contributed by atoms with Gasteiger partial charge in [0, 0.05) is 10.2 Å². The Labute approximate surface area is 84.7 Å². The summed E-state index contributed by atoms with van der Waals surface area (Å²) in [6.45, 7) is 4.59. The minimum absolute atomic E-state index is 0.257. The Morgan fingerprint density at radius 3 is 2.77 bits per heavy atom. The summed E-state index contributed by atoms with van der Waals surface area (Å²) in [5.41, 5.74) is 0.257. The lowest BCUT2D eigenvalue weighted by Gasteiger charge is -2.36. The Balaban J connectivity index is 1.97. The molecule has 0 saturated heterocycles. The van der Waals surface area contributed by atoms with Crippen LogP contribution in [-0.4, -0.2) is 21.9 Å². The molecule has 0 aromatic heterocycles. The zero-order chi connectivity index (χ0) is 9.47. The highest BCUT2D eigenvalue weighted by atomic mass is 28.1. The average Bonchev–Trinajstić information content (AvgIpc) is 2.62. The number of hydrogen-bond acceptors (Lipinski definition) is 1. The van der Waals surface area contributed by atoms with E-state index in [1.807, 2.05) is 0 Å². The number of hydrogen-bond donors (Lipinski definition) is 0. The molecule has 4 unspecified atom stereocenters. The van der Waals surface area contributed by atoms with E-state index in [4.69, 9.17) is 4.74 Å². The first-order chi connectivity index (χ1) is 6.14. The maximum Gasteiger partial charge on any atom is 0.0688 e. The molecule has 0 aromatic rings. The third-order valence-corrected chi connectivity index (χ3v) is 5.29. The van der Waals surface area contributed by atoms with E-state index in [1.54, 1.807) is 0 Å². The van der Waals surface area contributed by atoms with Gasteiger partial charge in [-0.15, -0.1) is 0 Å². The average molecular weight is 198 g/mol. The lowest BCUT2D eigenvalue weighted by Crippen LogP contribution is -2.37. The van der Waals surface area contributed by atoms with Crippen LogP contribution in [0.3, 0.4) is 0 Å². The molecule has 1 nitrogen and oxygen atoms in total. The van der Waals surface area contributed by atoms with E-state index in [2.05, 4.69) is 13.8 Å². The summed E-state index contributed by atoms with van der Waals surface area (Å²) in [5.74, 6) is 1.88.